The molecule has 0 amide bonds. The molecule has 0 aliphatic rings. The SMILES string of the molecule is COC(=O)c1c(Br)cnn1C. The minimum atomic E-state index is -0.392. The summed E-state index contributed by atoms with van der Waals surface area (Å²) in [4.78, 5) is 11.0. The van der Waals surface area contributed by atoms with Crippen LogP contribution in [0.5, 0.6) is 0 Å². The summed E-state index contributed by atoms with van der Waals surface area (Å²) < 4.78 is 6.63. The van der Waals surface area contributed by atoms with Crippen LogP contribution in [0.15, 0.2) is 10.7 Å². The van der Waals surface area contributed by atoms with E-state index in [1.807, 2.05) is 0 Å². The van der Waals surface area contributed by atoms with Gasteiger partial charge < -0.3 is 4.74 Å². The van der Waals surface area contributed by atoms with Gasteiger partial charge >= 0.3 is 5.97 Å². The van der Waals surface area contributed by atoms with Crippen LogP contribution in [-0.2, 0) is 11.8 Å². The number of carbonyl (C=O) groups is 1. The molecule has 0 atom stereocenters. The first-order chi connectivity index (χ1) is 5.16. The van der Waals surface area contributed by atoms with Gasteiger partial charge in [0.15, 0.2) is 5.69 Å². The summed E-state index contributed by atoms with van der Waals surface area (Å²) in [7, 11) is 3.01. The molecule has 1 heterocycles. The van der Waals surface area contributed by atoms with Crippen LogP contribution in [-0.4, -0.2) is 22.9 Å². The molecule has 5 heteroatoms. The summed E-state index contributed by atoms with van der Waals surface area (Å²) >= 11 is 3.17. The average molecular weight is 219 g/mol. The Labute approximate surface area is 72.3 Å². The van der Waals surface area contributed by atoms with Crippen LogP contribution < -0.4 is 0 Å². The zero-order valence-corrected chi connectivity index (χ0v) is 7.75. The average Bonchev–Trinajstić information content (AvgIpc) is 2.30. The van der Waals surface area contributed by atoms with Crippen LogP contribution in [0, 0.1) is 0 Å². The molecule has 0 aliphatic heterocycles. The molecule has 60 valence electrons. The van der Waals surface area contributed by atoms with E-state index in [9.17, 15) is 4.79 Å². The van der Waals surface area contributed by atoms with Crippen LogP contribution in [0.25, 0.3) is 0 Å². The Kier molecular flexibility index (Phi) is 2.28. The fourth-order valence-electron chi connectivity index (χ4n) is 0.737. The van der Waals surface area contributed by atoms with Gasteiger partial charge in [-0.05, 0) is 15.9 Å². The summed E-state index contributed by atoms with van der Waals surface area (Å²) in [5.74, 6) is -0.392. The number of esters is 1. The number of aromatic nitrogens is 2. The fourth-order valence-corrected chi connectivity index (χ4v) is 1.25. The van der Waals surface area contributed by atoms with E-state index in [4.69, 9.17) is 0 Å². The molecule has 1 aromatic rings. The van der Waals surface area contributed by atoms with Crippen LogP contribution in [0.4, 0.5) is 0 Å². The van der Waals surface area contributed by atoms with Gasteiger partial charge in [-0.3, -0.25) is 4.68 Å². The summed E-state index contributed by atoms with van der Waals surface area (Å²) in [6, 6.07) is 0. The van der Waals surface area contributed by atoms with Crippen LogP contribution in [0.1, 0.15) is 10.5 Å². The number of carbonyl (C=O) groups excluding carboxylic acids is 1. The summed E-state index contributed by atoms with van der Waals surface area (Å²) in [5.41, 5.74) is 0.424. The van der Waals surface area contributed by atoms with Crippen molar-refractivity contribution in [1.82, 2.24) is 9.78 Å². The van der Waals surface area contributed by atoms with Crippen molar-refractivity contribution >= 4 is 21.9 Å². The molecule has 0 N–H and O–H groups in total. The van der Waals surface area contributed by atoms with E-state index >= 15 is 0 Å². The van der Waals surface area contributed by atoms with Crippen molar-refractivity contribution in [2.75, 3.05) is 7.11 Å². The minimum Gasteiger partial charge on any atom is -0.464 e. The highest BCUT2D eigenvalue weighted by Crippen LogP contribution is 2.15. The molecule has 0 aliphatic carbocycles. The Morgan fingerprint density at radius 2 is 2.45 bits per heavy atom. The fraction of sp³-hybridized carbons (Fsp3) is 0.333. The zero-order valence-electron chi connectivity index (χ0n) is 6.17. The molecule has 11 heavy (non-hydrogen) atoms. The van der Waals surface area contributed by atoms with Crippen LogP contribution in [0.3, 0.4) is 0 Å². The van der Waals surface area contributed by atoms with Gasteiger partial charge in [-0.15, -0.1) is 0 Å². The zero-order chi connectivity index (χ0) is 8.43. The number of methoxy groups -OCH3 is 1. The Bertz CT molecular complexity index is 263. The molecule has 0 radical (unpaired) electrons. The second-order valence-corrected chi connectivity index (χ2v) is 2.81. The summed E-state index contributed by atoms with van der Waals surface area (Å²) in [6.45, 7) is 0. The number of hydrogen-bond acceptors (Lipinski definition) is 3. The lowest BCUT2D eigenvalue weighted by Gasteiger charge is -1.98. The topological polar surface area (TPSA) is 44.1 Å². The Hall–Kier alpha value is -0.840. The van der Waals surface area contributed by atoms with E-state index in [1.165, 1.54) is 11.8 Å². The second-order valence-electron chi connectivity index (χ2n) is 1.96. The minimum absolute atomic E-state index is 0.392. The van der Waals surface area contributed by atoms with E-state index in [1.54, 1.807) is 13.2 Å². The van der Waals surface area contributed by atoms with E-state index in [2.05, 4.69) is 25.8 Å². The van der Waals surface area contributed by atoms with Crippen molar-refractivity contribution in [3.63, 3.8) is 0 Å². The van der Waals surface area contributed by atoms with Gasteiger partial charge in [0.25, 0.3) is 0 Å². The Balaban J connectivity index is 3.10. The standard InChI is InChI=1S/C6H7BrN2O2/c1-9-5(6(10)11-2)4(7)3-8-9/h3H,1-2H3. The molecule has 1 rings (SSSR count). The van der Waals surface area contributed by atoms with Crippen LogP contribution >= 0.6 is 15.9 Å². The van der Waals surface area contributed by atoms with E-state index in [0.29, 0.717) is 10.2 Å². The second kappa shape index (κ2) is 3.04. The first kappa shape index (κ1) is 8.26. The predicted octanol–water partition coefficient (Wildman–Crippen LogP) is 0.969. The number of ether oxygens (including phenoxy) is 1. The maximum absolute atomic E-state index is 11.0. The van der Waals surface area contributed by atoms with E-state index in [0.717, 1.165) is 0 Å². The molecule has 0 bridgehead atoms. The van der Waals surface area contributed by atoms with Crippen molar-refractivity contribution in [3.8, 4) is 0 Å². The van der Waals surface area contributed by atoms with E-state index < -0.39 is 5.97 Å². The normalized spacial score (nSPS) is 9.73. The molecule has 0 spiro atoms. The third-order valence-corrected chi connectivity index (χ3v) is 1.85. The first-order valence-corrected chi connectivity index (χ1v) is 3.72. The van der Waals surface area contributed by atoms with Crippen molar-refractivity contribution < 1.29 is 9.53 Å². The molecular formula is C6H7BrN2O2. The van der Waals surface area contributed by atoms with Crippen molar-refractivity contribution in [2.24, 2.45) is 7.05 Å². The molecule has 0 aromatic carbocycles. The highest BCUT2D eigenvalue weighted by Gasteiger charge is 2.14. The van der Waals surface area contributed by atoms with Gasteiger partial charge in [0.05, 0.1) is 17.8 Å². The molecule has 0 fully saturated rings. The van der Waals surface area contributed by atoms with Gasteiger partial charge in [-0.25, -0.2) is 4.79 Å². The number of nitrogens with zero attached hydrogens (tertiary/aromatic N) is 2. The maximum Gasteiger partial charge on any atom is 0.357 e. The molecule has 4 nitrogen and oxygen atoms in total. The van der Waals surface area contributed by atoms with Gasteiger partial charge in [0, 0.05) is 7.05 Å². The molecule has 0 saturated heterocycles. The highest BCUT2D eigenvalue weighted by atomic mass is 79.9. The quantitative estimate of drug-likeness (QED) is 0.661. The third-order valence-electron chi connectivity index (χ3n) is 1.27. The van der Waals surface area contributed by atoms with Crippen LogP contribution in [0.2, 0.25) is 0 Å². The third kappa shape index (κ3) is 1.42. The van der Waals surface area contributed by atoms with Gasteiger partial charge in [0.1, 0.15) is 0 Å². The molecule has 0 unspecified atom stereocenters. The molecular weight excluding hydrogens is 212 g/mol. The lowest BCUT2D eigenvalue weighted by atomic mass is 10.4. The van der Waals surface area contributed by atoms with Crippen molar-refractivity contribution in [1.29, 1.82) is 0 Å². The van der Waals surface area contributed by atoms with Gasteiger partial charge in [0.2, 0.25) is 0 Å². The lowest BCUT2D eigenvalue weighted by molar-refractivity contribution is 0.0587. The summed E-state index contributed by atoms with van der Waals surface area (Å²) in [5, 5.41) is 3.85. The first-order valence-electron chi connectivity index (χ1n) is 2.92. The largest absolute Gasteiger partial charge is 0.464 e. The monoisotopic (exact) mass is 218 g/mol. The lowest BCUT2D eigenvalue weighted by Crippen LogP contribution is -2.08. The number of rotatable bonds is 1. The molecule has 1 aromatic heterocycles. The van der Waals surface area contributed by atoms with Gasteiger partial charge in [-0.1, -0.05) is 0 Å². The van der Waals surface area contributed by atoms with Crippen molar-refractivity contribution in [3.05, 3.63) is 16.4 Å². The maximum atomic E-state index is 11.0. The Morgan fingerprint density at radius 1 is 1.82 bits per heavy atom. The number of halogens is 1. The highest BCUT2D eigenvalue weighted by molar-refractivity contribution is 9.10. The van der Waals surface area contributed by atoms with E-state index in [-0.39, 0.29) is 0 Å². The number of hydrogen-bond donors (Lipinski definition) is 0. The summed E-state index contributed by atoms with van der Waals surface area (Å²) in [6.07, 6.45) is 1.55. The smallest absolute Gasteiger partial charge is 0.357 e. The van der Waals surface area contributed by atoms with Gasteiger partial charge in [-0.2, -0.15) is 5.10 Å². The predicted molar refractivity (Wildman–Crippen MR) is 42.2 cm³/mol. The number of aryl methyl sites for hydroxylation is 1. The Morgan fingerprint density at radius 3 is 2.82 bits per heavy atom. The molecule has 0 saturated carbocycles. The van der Waals surface area contributed by atoms with Crippen molar-refractivity contribution in [2.45, 2.75) is 0 Å².